The Bertz CT molecular complexity index is 675. The molecular formula is C19H20ClNO. The fourth-order valence-corrected chi connectivity index (χ4v) is 2.74. The van der Waals surface area contributed by atoms with E-state index in [1.165, 1.54) is 5.56 Å². The van der Waals surface area contributed by atoms with Gasteiger partial charge in [0.2, 0.25) is 0 Å². The van der Waals surface area contributed by atoms with E-state index < -0.39 is 0 Å². The number of halogens is 1. The molecule has 0 N–H and O–H groups in total. The van der Waals surface area contributed by atoms with E-state index in [-0.39, 0.29) is 5.92 Å². The Morgan fingerprint density at radius 2 is 1.91 bits per heavy atom. The average Bonchev–Trinajstić information content (AvgIpc) is 2.50. The maximum atomic E-state index is 9.39. The third-order valence-corrected chi connectivity index (χ3v) is 3.99. The number of ether oxygens (including phenoxy) is 1. The molecule has 0 aliphatic rings. The minimum absolute atomic E-state index is 0.0730. The maximum absolute atomic E-state index is 9.39. The molecule has 0 heterocycles. The van der Waals surface area contributed by atoms with Crippen LogP contribution in [0, 0.1) is 25.2 Å². The van der Waals surface area contributed by atoms with Crippen molar-refractivity contribution in [1.82, 2.24) is 0 Å². The van der Waals surface area contributed by atoms with Gasteiger partial charge in [0, 0.05) is 5.02 Å². The van der Waals surface area contributed by atoms with E-state index >= 15 is 0 Å². The molecule has 22 heavy (non-hydrogen) atoms. The molecule has 0 bridgehead atoms. The predicted octanol–water partition coefficient (Wildman–Crippen LogP) is 5.42. The van der Waals surface area contributed by atoms with Crippen LogP contribution in [0.5, 0.6) is 5.75 Å². The molecular weight excluding hydrogens is 294 g/mol. The summed E-state index contributed by atoms with van der Waals surface area (Å²) in [5.74, 6) is 0.782. The molecule has 1 atom stereocenters. The Balaban J connectivity index is 1.87. The molecule has 0 radical (unpaired) electrons. The Hall–Kier alpha value is -1.98. The summed E-state index contributed by atoms with van der Waals surface area (Å²) in [6.45, 7) is 4.63. The first kappa shape index (κ1) is 16.4. The Labute approximate surface area is 137 Å². The molecule has 0 aliphatic heterocycles. The number of hydrogen-bond donors (Lipinski definition) is 0. The maximum Gasteiger partial charge on any atom is 0.122 e. The number of aryl methyl sites for hydroxylation is 2. The molecule has 2 rings (SSSR count). The van der Waals surface area contributed by atoms with Gasteiger partial charge in [-0.2, -0.15) is 5.26 Å². The molecule has 1 unspecified atom stereocenters. The van der Waals surface area contributed by atoms with Crippen molar-refractivity contribution in [3.63, 3.8) is 0 Å². The van der Waals surface area contributed by atoms with E-state index in [0.29, 0.717) is 11.6 Å². The molecule has 0 fully saturated rings. The van der Waals surface area contributed by atoms with Crippen LogP contribution < -0.4 is 4.74 Å². The summed E-state index contributed by atoms with van der Waals surface area (Å²) in [6, 6.07) is 16.1. The van der Waals surface area contributed by atoms with Crippen molar-refractivity contribution < 1.29 is 4.74 Å². The summed E-state index contributed by atoms with van der Waals surface area (Å²) in [5.41, 5.74) is 3.32. The summed E-state index contributed by atoms with van der Waals surface area (Å²) in [6.07, 6.45) is 1.64. The fourth-order valence-electron chi connectivity index (χ4n) is 2.51. The van der Waals surface area contributed by atoms with Gasteiger partial charge in [0.1, 0.15) is 5.75 Å². The highest BCUT2D eigenvalue weighted by Gasteiger charge is 2.12. The van der Waals surface area contributed by atoms with Gasteiger partial charge < -0.3 is 4.74 Å². The lowest BCUT2D eigenvalue weighted by Crippen LogP contribution is -2.04. The molecule has 0 aromatic heterocycles. The van der Waals surface area contributed by atoms with Crippen LogP contribution in [0.4, 0.5) is 0 Å². The second-order valence-corrected chi connectivity index (χ2v) is 5.88. The van der Waals surface area contributed by atoms with Crippen LogP contribution in [0.25, 0.3) is 0 Å². The van der Waals surface area contributed by atoms with Crippen LogP contribution in [0.15, 0.2) is 42.5 Å². The summed E-state index contributed by atoms with van der Waals surface area (Å²) in [5, 5.41) is 10.1. The third-order valence-electron chi connectivity index (χ3n) is 3.75. The van der Waals surface area contributed by atoms with Crippen LogP contribution in [0.3, 0.4) is 0 Å². The Morgan fingerprint density at radius 3 is 2.59 bits per heavy atom. The number of hydrogen-bond acceptors (Lipinski definition) is 2. The van der Waals surface area contributed by atoms with Gasteiger partial charge in [-0.15, -0.1) is 0 Å². The zero-order valence-electron chi connectivity index (χ0n) is 13.0. The molecule has 0 saturated carbocycles. The highest BCUT2D eigenvalue weighted by Crippen LogP contribution is 2.25. The highest BCUT2D eigenvalue weighted by molar-refractivity contribution is 6.30. The van der Waals surface area contributed by atoms with E-state index in [2.05, 4.69) is 6.07 Å². The minimum Gasteiger partial charge on any atom is -0.493 e. The van der Waals surface area contributed by atoms with E-state index in [4.69, 9.17) is 16.3 Å². The summed E-state index contributed by atoms with van der Waals surface area (Å²) < 4.78 is 5.78. The standard InChI is InChI=1S/C19H20ClNO/c1-14-6-3-4-8-18(14)16(13-21)7-5-11-22-19-10-9-17(20)12-15(19)2/h3-4,6,8-10,12,16H,5,7,11H2,1-2H3. The fraction of sp³-hybridized carbons (Fsp3) is 0.316. The van der Waals surface area contributed by atoms with Crippen molar-refractivity contribution in [1.29, 1.82) is 5.26 Å². The topological polar surface area (TPSA) is 33.0 Å². The zero-order valence-corrected chi connectivity index (χ0v) is 13.7. The molecule has 114 valence electrons. The molecule has 2 aromatic rings. The van der Waals surface area contributed by atoms with Crippen LogP contribution in [-0.4, -0.2) is 6.61 Å². The second kappa shape index (κ2) is 7.87. The molecule has 2 nitrogen and oxygen atoms in total. The predicted molar refractivity (Wildman–Crippen MR) is 90.5 cm³/mol. The van der Waals surface area contributed by atoms with Crippen molar-refractivity contribution in [2.75, 3.05) is 6.61 Å². The monoisotopic (exact) mass is 313 g/mol. The van der Waals surface area contributed by atoms with Gasteiger partial charge >= 0.3 is 0 Å². The van der Waals surface area contributed by atoms with Gasteiger partial charge in [-0.3, -0.25) is 0 Å². The van der Waals surface area contributed by atoms with Crippen molar-refractivity contribution in [3.05, 3.63) is 64.2 Å². The van der Waals surface area contributed by atoms with Gasteiger partial charge in [-0.1, -0.05) is 35.9 Å². The van der Waals surface area contributed by atoms with Gasteiger partial charge in [-0.05, 0) is 61.6 Å². The summed E-state index contributed by atoms with van der Waals surface area (Å²) in [7, 11) is 0. The molecule has 0 saturated heterocycles. The summed E-state index contributed by atoms with van der Waals surface area (Å²) >= 11 is 5.93. The zero-order chi connectivity index (χ0) is 15.9. The smallest absolute Gasteiger partial charge is 0.122 e. The number of nitrogens with zero attached hydrogens (tertiary/aromatic N) is 1. The van der Waals surface area contributed by atoms with Crippen LogP contribution >= 0.6 is 11.6 Å². The molecule has 3 heteroatoms. The lowest BCUT2D eigenvalue weighted by atomic mass is 9.92. The number of benzene rings is 2. The van der Waals surface area contributed by atoms with Gasteiger partial charge in [0.05, 0.1) is 18.6 Å². The number of nitriles is 1. The van der Waals surface area contributed by atoms with Crippen molar-refractivity contribution in [3.8, 4) is 11.8 Å². The van der Waals surface area contributed by atoms with Crippen molar-refractivity contribution in [2.45, 2.75) is 32.6 Å². The normalized spacial score (nSPS) is 11.7. The lowest BCUT2D eigenvalue weighted by Gasteiger charge is -2.13. The van der Waals surface area contributed by atoms with E-state index in [9.17, 15) is 5.26 Å². The number of rotatable bonds is 6. The van der Waals surface area contributed by atoms with E-state index in [0.717, 1.165) is 29.7 Å². The first-order chi connectivity index (χ1) is 10.6. The van der Waals surface area contributed by atoms with Gasteiger partial charge in [0.25, 0.3) is 0 Å². The van der Waals surface area contributed by atoms with Crippen LogP contribution in [0.1, 0.15) is 35.4 Å². The lowest BCUT2D eigenvalue weighted by molar-refractivity contribution is 0.303. The van der Waals surface area contributed by atoms with Gasteiger partial charge in [-0.25, -0.2) is 0 Å². The van der Waals surface area contributed by atoms with Crippen molar-refractivity contribution >= 4 is 11.6 Å². The SMILES string of the molecule is Cc1cc(Cl)ccc1OCCCC(C#N)c1ccccc1C. The highest BCUT2D eigenvalue weighted by atomic mass is 35.5. The van der Waals surface area contributed by atoms with Crippen LogP contribution in [0.2, 0.25) is 5.02 Å². The first-order valence-electron chi connectivity index (χ1n) is 7.46. The average molecular weight is 314 g/mol. The van der Waals surface area contributed by atoms with E-state index in [1.54, 1.807) is 0 Å². The quantitative estimate of drug-likeness (QED) is 0.667. The van der Waals surface area contributed by atoms with E-state index in [1.807, 2.05) is 56.3 Å². The van der Waals surface area contributed by atoms with Crippen molar-refractivity contribution in [2.24, 2.45) is 0 Å². The van der Waals surface area contributed by atoms with Gasteiger partial charge in [0.15, 0.2) is 0 Å². The largest absolute Gasteiger partial charge is 0.493 e. The third kappa shape index (κ3) is 4.26. The Kier molecular flexibility index (Phi) is 5.86. The molecule has 0 spiro atoms. The first-order valence-corrected chi connectivity index (χ1v) is 7.83. The summed E-state index contributed by atoms with van der Waals surface area (Å²) in [4.78, 5) is 0. The molecule has 0 amide bonds. The minimum atomic E-state index is -0.0730. The second-order valence-electron chi connectivity index (χ2n) is 5.44. The van der Waals surface area contributed by atoms with Crippen LogP contribution in [-0.2, 0) is 0 Å². The molecule has 2 aromatic carbocycles. The molecule has 0 aliphatic carbocycles. The Morgan fingerprint density at radius 1 is 1.14 bits per heavy atom.